The fourth-order valence-electron chi connectivity index (χ4n) is 1.20. The Balaban J connectivity index is 4.27. The number of aldehydes is 1. The molecule has 0 rings (SSSR count). The molecule has 0 aromatic rings. The van der Waals surface area contributed by atoms with Crippen LogP contribution >= 0.6 is 0 Å². The molecule has 0 aliphatic rings. The molecule has 0 aromatic carbocycles. The van der Waals surface area contributed by atoms with Crippen LogP contribution < -0.4 is 5.32 Å². The van der Waals surface area contributed by atoms with Crippen LogP contribution in [0.25, 0.3) is 0 Å². The smallest absolute Gasteiger partial charge is 0.137 e. The molecule has 2 nitrogen and oxygen atoms in total. The van der Waals surface area contributed by atoms with Gasteiger partial charge in [0.05, 0.1) is 6.04 Å². The zero-order chi connectivity index (χ0) is 11.0. The Morgan fingerprint density at radius 2 is 2.07 bits per heavy atom. The Bertz CT molecular complexity index is 228. The van der Waals surface area contributed by atoms with Gasteiger partial charge in [-0.3, -0.25) is 0 Å². The Morgan fingerprint density at radius 1 is 1.43 bits per heavy atom. The highest BCUT2D eigenvalue weighted by Gasteiger charge is 2.08. The molecule has 1 unspecified atom stereocenters. The molecule has 0 radical (unpaired) electrons. The summed E-state index contributed by atoms with van der Waals surface area (Å²) in [6.45, 7) is 11.3. The minimum Gasteiger partial charge on any atom is -0.305 e. The number of hydrogen-bond acceptors (Lipinski definition) is 2. The number of carbonyl (C=O) groups is 1. The first kappa shape index (κ1) is 12.8. The van der Waals surface area contributed by atoms with Crippen molar-refractivity contribution >= 4 is 6.29 Å². The lowest BCUT2D eigenvalue weighted by Crippen LogP contribution is -2.36. The molecule has 0 aliphatic heterocycles. The molecule has 0 fully saturated rings. The number of hydrogen-bond donors (Lipinski definition) is 1. The van der Waals surface area contributed by atoms with Crippen LogP contribution in [0.15, 0.2) is 37.0 Å². The summed E-state index contributed by atoms with van der Waals surface area (Å²) < 4.78 is 0. The Kier molecular flexibility index (Phi) is 6.68. The van der Waals surface area contributed by atoms with E-state index in [0.29, 0.717) is 12.5 Å². The van der Waals surface area contributed by atoms with Crippen LogP contribution in [0.2, 0.25) is 0 Å². The van der Waals surface area contributed by atoms with Crippen LogP contribution in [0, 0.1) is 0 Å². The maximum Gasteiger partial charge on any atom is 0.137 e. The topological polar surface area (TPSA) is 29.1 Å². The van der Waals surface area contributed by atoms with Crippen molar-refractivity contribution < 1.29 is 4.79 Å². The van der Waals surface area contributed by atoms with Gasteiger partial charge in [-0.05, 0) is 12.0 Å². The lowest BCUT2D eigenvalue weighted by Gasteiger charge is -2.15. The van der Waals surface area contributed by atoms with Crippen molar-refractivity contribution in [1.29, 1.82) is 0 Å². The molecule has 0 aromatic heterocycles. The lowest BCUT2D eigenvalue weighted by atomic mass is 10.1. The molecule has 1 N–H and O–H groups in total. The van der Waals surface area contributed by atoms with Gasteiger partial charge in [0.1, 0.15) is 6.29 Å². The van der Waals surface area contributed by atoms with E-state index in [1.165, 1.54) is 0 Å². The van der Waals surface area contributed by atoms with E-state index in [1.807, 2.05) is 19.9 Å². The Labute approximate surface area is 86.4 Å². The van der Waals surface area contributed by atoms with E-state index in [2.05, 4.69) is 18.5 Å². The molecule has 0 saturated carbocycles. The van der Waals surface area contributed by atoms with Crippen LogP contribution in [0.5, 0.6) is 0 Å². The minimum absolute atomic E-state index is 0.140. The second-order valence-electron chi connectivity index (χ2n) is 3.45. The van der Waals surface area contributed by atoms with Crippen molar-refractivity contribution in [3.63, 3.8) is 0 Å². The number of rotatable bonds is 7. The highest BCUT2D eigenvalue weighted by atomic mass is 16.1. The van der Waals surface area contributed by atoms with Gasteiger partial charge in [0, 0.05) is 6.04 Å². The monoisotopic (exact) mass is 193 g/mol. The summed E-state index contributed by atoms with van der Waals surface area (Å²) in [6, 6.07) is 0.166. The standard InChI is InChI=1S/C12H19NO/c1-5-7-11(6-2)8-12(9-14)13-10(3)4/h5-7,9-10,12-13H,1-2,8H2,3-4H3/b11-7+. The summed E-state index contributed by atoms with van der Waals surface area (Å²) in [5, 5.41) is 3.16. The molecule has 14 heavy (non-hydrogen) atoms. The van der Waals surface area contributed by atoms with E-state index in [0.717, 1.165) is 11.9 Å². The number of carbonyl (C=O) groups excluding carboxylic acids is 1. The zero-order valence-electron chi connectivity index (χ0n) is 8.99. The lowest BCUT2D eigenvalue weighted by molar-refractivity contribution is -0.109. The molecular weight excluding hydrogens is 174 g/mol. The molecule has 0 amide bonds. The van der Waals surface area contributed by atoms with Crippen LogP contribution in [0.4, 0.5) is 0 Å². The van der Waals surface area contributed by atoms with E-state index >= 15 is 0 Å². The maximum atomic E-state index is 10.7. The van der Waals surface area contributed by atoms with Gasteiger partial charge in [-0.2, -0.15) is 0 Å². The van der Waals surface area contributed by atoms with Gasteiger partial charge in [0.15, 0.2) is 0 Å². The SMILES string of the molecule is C=C/C=C(\C=C)CC(C=O)NC(C)C. The summed E-state index contributed by atoms with van der Waals surface area (Å²) in [5.41, 5.74) is 1.02. The largest absolute Gasteiger partial charge is 0.305 e. The van der Waals surface area contributed by atoms with Gasteiger partial charge in [0.25, 0.3) is 0 Å². The van der Waals surface area contributed by atoms with Crippen molar-refractivity contribution in [2.75, 3.05) is 0 Å². The van der Waals surface area contributed by atoms with E-state index in [1.54, 1.807) is 12.2 Å². The van der Waals surface area contributed by atoms with Crippen molar-refractivity contribution in [3.05, 3.63) is 37.0 Å². The fourth-order valence-corrected chi connectivity index (χ4v) is 1.20. The molecule has 0 saturated heterocycles. The highest BCUT2D eigenvalue weighted by Crippen LogP contribution is 2.06. The van der Waals surface area contributed by atoms with Gasteiger partial charge in [-0.25, -0.2) is 0 Å². The maximum absolute atomic E-state index is 10.7. The van der Waals surface area contributed by atoms with Crippen molar-refractivity contribution in [2.45, 2.75) is 32.4 Å². The minimum atomic E-state index is -0.140. The molecular formula is C12H19NO. The van der Waals surface area contributed by atoms with E-state index in [4.69, 9.17) is 0 Å². The summed E-state index contributed by atoms with van der Waals surface area (Å²) in [7, 11) is 0. The first-order chi connectivity index (χ1) is 6.63. The van der Waals surface area contributed by atoms with Crippen LogP contribution in [0.3, 0.4) is 0 Å². The third kappa shape index (κ3) is 5.49. The quantitative estimate of drug-likeness (QED) is 0.496. The molecule has 78 valence electrons. The summed E-state index contributed by atoms with van der Waals surface area (Å²) in [4.78, 5) is 10.7. The van der Waals surface area contributed by atoms with Gasteiger partial charge >= 0.3 is 0 Å². The predicted molar refractivity (Wildman–Crippen MR) is 61.2 cm³/mol. The van der Waals surface area contributed by atoms with Gasteiger partial charge < -0.3 is 10.1 Å². The Hall–Kier alpha value is -1.15. The van der Waals surface area contributed by atoms with Crippen LogP contribution in [0.1, 0.15) is 20.3 Å². The third-order valence-electron chi connectivity index (χ3n) is 1.76. The number of allylic oxidation sites excluding steroid dienone is 3. The zero-order valence-corrected chi connectivity index (χ0v) is 8.99. The normalized spacial score (nSPS) is 13.8. The second kappa shape index (κ2) is 7.27. The van der Waals surface area contributed by atoms with Gasteiger partial charge in [-0.1, -0.05) is 45.2 Å². The first-order valence-electron chi connectivity index (χ1n) is 4.79. The van der Waals surface area contributed by atoms with Gasteiger partial charge in [0.2, 0.25) is 0 Å². The molecule has 0 spiro atoms. The summed E-state index contributed by atoms with van der Waals surface area (Å²) >= 11 is 0. The fraction of sp³-hybridized carbons (Fsp3) is 0.417. The average molecular weight is 193 g/mol. The molecule has 2 heteroatoms. The molecule has 0 bridgehead atoms. The van der Waals surface area contributed by atoms with E-state index in [9.17, 15) is 4.79 Å². The Morgan fingerprint density at radius 3 is 2.43 bits per heavy atom. The number of nitrogens with one attached hydrogen (secondary N) is 1. The summed E-state index contributed by atoms with van der Waals surface area (Å²) in [5.74, 6) is 0. The van der Waals surface area contributed by atoms with E-state index < -0.39 is 0 Å². The van der Waals surface area contributed by atoms with Crippen LogP contribution in [-0.4, -0.2) is 18.4 Å². The molecule has 1 atom stereocenters. The average Bonchev–Trinajstić information content (AvgIpc) is 2.15. The summed E-state index contributed by atoms with van der Waals surface area (Å²) in [6.07, 6.45) is 6.91. The van der Waals surface area contributed by atoms with Crippen molar-refractivity contribution in [3.8, 4) is 0 Å². The van der Waals surface area contributed by atoms with Crippen molar-refractivity contribution in [2.24, 2.45) is 0 Å². The second-order valence-corrected chi connectivity index (χ2v) is 3.45. The van der Waals surface area contributed by atoms with Crippen LogP contribution in [-0.2, 0) is 4.79 Å². The molecule has 0 heterocycles. The van der Waals surface area contributed by atoms with E-state index in [-0.39, 0.29) is 6.04 Å². The van der Waals surface area contributed by atoms with Crippen molar-refractivity contribution in [1.82, 2.24) is 5.32 Å². The van der Waals surface area contributed by atoms with Gasteiger partial charge in [-0.15, -0.1) is 0 Å². The predicted octanol–water partition coefficient (Wildman–Crippen LogP) is 2.24. The third-order valence-corrected chi connectivity index (χ3v) is 1.76. The molecule has 0 aliphatic carbocycles. The first-order valence-corrected chi connectivity index (χ1v) is 4.79. The highest BCUT2D eigenvalue weighted by molar-refractivity contribution is 5.58.